The Morgan fingerprint density at radius 3 is 2.39 bits per heavy atom. The summed E-state index contributed by atoms with van der Waals surface area (Å²) in [5.74, 6) is 0.659. The van der Waals surface area contributed by atoms with Crippen molar-refractivity contribution in [2.24, 2.45) is 0 Å². The van der Waals surface area contributed by atoms with Gasteiger partial charge >= 0.3 is 0 Å². The summed E-state index contributed by atoms with van der Waals surface area (Å²) in [7, 11) is -3.18. The fraction of sp³-hybridized carbons (Fsp3) is 0.154. The third-order valence-corrected chi connectivity index (χ3v) is 3.58. The van der Waals surface area contributed by atoms with Crippen molar-refractivity contribution in [3.8, 4) is 0 Å². The predicted molar refractivity (Wildman–Crippen MR) is 71.1 cm³/mol. The first kappa shape index (κ1) is 12.6. The Bertz CT molecular complexity index is 607. The van der Waals surface area contributed by atoms with E-state index in [1.807, 2.05) is 30.3 Å². The monoisotopic (exact) mass is 262 g/mol. The topological polar surface area (TPSA) is 59.1 Å². The lowest BCUT2D eigenvalue weighted by Gasteiger charge is -2.06. The van der Waals surface area contributed by atoms with E-state index in [-0.39, 0.29) is 4.90 Å². The van der Waals surface area contributed by atoms with Gasteiger partial charge in [-0.3, -0.25) is 0 Å². The van der Waals surface area contributed by atoms with Crippen LogP contribution in [0.25, 0.3) is 0 Å². The van der Waals surface area contributed by atoms with E-state index in [1.165, 1.54) is 12.5 Å². The number of pyridine rings is 1. The van der Waals surface area contributed by atoms with Crippen molar-refractivity contribution in [3.63, 3.8) is 0 Å². The predicted octanol–water partition coefficient (Wildman–Crippen LogP) is 2.10. The second-order valence-electron chi connectivity index (χ2n) is 3.99. The van der Waals surface area contributed by atoms with E-state index in [0.717, 1.165) is 5.56 Å². The van der Waals surface area contributed by atoms with Crippen molar-refractivity contribution in [3.05, 3.63) is 54.2 Å². The quantitative estimate of drug-likeness (QED) is 0.916. The van der Waals surface area contributed by atoms with Gasteiger partial charge in [-0.05, 0) is 17.7 Å². The lowest BCUT2D eigenvalue weighted by Crippen LogP contribution is -2.03. The van der Waals surface area contributed by atoms with Crippen LogP contribution in [0.5, 0.6) is 0 Å². The van der Waals surface area contributed by atoms with Crippen LogP contribution in [0.1, 0.15) is 5.56 Å². The Hall–Kier alpha value is -1.88. The molecule has 0 bridgehead atoms. The fourth-order valence-electron chi connectivity index (χ4n) is 1.49. The largest absolute Gasteiger partial charge is 0.366 e. The second kappa shape index (κ2) is 5.18. The normalized spacial score (nSPS) is 11.2. The fourth-order valence-corrected chi connectivity index (χ4v) is 2.05. The van der Waals surface area contributed by atoms with E-state index in [9.17, 15) is 8.42 Å². The van der Waals surface area contributed by atoms with Crippen molar-refractivity contribution in [2.45, 2.75) is 11.4 Å². The minimum atomic E-state index is -3.18. The highest BCUT2D eigenvalue weighted by atomic mass is 32.2. The van der Waals surface area contributed by atoms with Crippen molar-refractivity contribution in [1.29, 1.82) is 0 Å². The summed E-state index contributed by atoms with van der Waals surface area (Å²) in [4.78, 5) is 4.30. The van der Waals surface area contributed by atoms with E-state index in [1.54, 1.807) is 12.1 Å². The molecule has 1 heterocycles. The first-order chi connectivity index (χ1) is 8.55. The molecule has 0 unspecified atom stereocenters. The first-order valence-corrected chi connectivity index (χ1v) is 7.39. The zero-order chi connectivity index (χ0) is 13.0. The number of aromatic nitrogens is 1. The van der Waals surface area contributed by atoms with Crippen LogP contribution in [-0.4, -0.2) is 19.7 Å². The van der Waals surface area contributed by atoms with Gasteiger partial charge in [0.1, 0.15) is 5.82 Å². The van der Waals surface area contributed by atoms with Gasteiger partial charge in [0, 0.05) is 19.0 Å². The van der Waals surface area contributed by atoms with Gasteiger partial charge in [-0.1, -0.05) is 30.3 Å². The lowest BCUT2D eigenvalue weighted by atomic mass is 10.2. The number of benzene rings is 1. The molecule has 0 radical (unpaired) electrons. The average molecular weight is 262 g/mol. The highest BCUT2D eigenvalue weighted by Gasteiger charge is 2.06. The molecular formula is C13H14N2O2S. The zero-order valence-corrected chi connectivity index (χ0v) is 10.8. The molecule has 4 nitrogen and oxygen atoms in total. The highest BCUT2D eigenvalue weighted by molar-refractivity contribution is 7.90. The van der Waals surface area contributed by atoms with E-state index < -0.39 is 9.84 Å². The van der Waals surface area contributed by atoms with Gasteiger partial charge in [0.25, 0.3) is 0 Å². The minimum Gasteiger partial charge on any atom is -0.366 e. The molecule has 0 amide bonds. The molecule has 5 heteroatoms. The number of rotatable bonds is 4. The Morgan fingerprint density at radius 2 is 1.83 bits per heavy atom. The summed E-state index contributed by atoms with van der Waals surface area (Å²) < 4.78 is 22.5. The number of hydrogen-bond donors (Lipinski definition) is 1. The summed E-state index contributed by atoms with van der Waals surface area (Å²) >= 11 is 0. The van der Waals surface area contributed by atoms with E-state index >= 15 is 0 Å². The van der Waals surface area contributed by atoms with Crippen LogP contribution >= 0.6 is 0 Å². The molecule has 1 aromatic carbocycles. The third kappa shape index (κ3) is 3.30. The summed E-state index contributed by atoms with van der Waals surface area (Å²) in [5.41, 5.74) is 1.14. The molecule has 1 N–H and O–H groups in total. The number of anilines is 1. The van der Waals surface area contributed by atoms with Gasteiger partial charge in [0.2, 0.25) is 0 Å². The van der Waals surface area contributed by atoms with Gasteiger partial charge in [-0.15, -0.1) is 0 Å². The van der Waals surface area contributed by atoms with Crippen LogP contribution in [0, 0.1) is 0 Å². The molecule has 1 aromatic heterocycles. The molecule has 0 atom stereocenters. The standard InChI is InChI=1S/C13H14N2O2S/c1-18(16,17)12-7-8-13(15-10-12)14-9-11-5-3-2-4-6-11/h2-8,10H,9H2,1H3,(H,14,15). The van der Waals surface area contributed by atoms with Crippen LogP contribution in [0.4, 0.5) is 5.82 Å². The van der Waals surface area contributed by atoms with Crippen molar-refractivity contribution < 1.29 is 8.42 Å². The summed E-state index contributed by atoms with van der Waals surface area (Å²) in [6, 6.07) is 13.1. The molecular weight excluding hydrogens is 248 g/mol. The molecule has 2 rings (SSSR count). The number of sulfone groups is 1. The summed E-state index contributed by atoms with van der Waals surface area (Å²) in [5, 5.41) is 3.13. The molecule has 0 spiro atoms. The maximum Gasteiger partial charge on any atom is 0.177 e. The number of nitrogens with zero attached hydrogens (tertiary/aromatic N) is 1. The van der Waals surface area contributed by atoms with Crippen LogP contribution in [0.2, 0.25) is 0 Å². The van der Waals surface area contributed by atoms with Crippen molar-refractivity contribution in [1.82, 2.24) is 4.98 Å². The molecule has 0 aliphatic carbocycles. The third-order valence-electron chi connectivity index (χ3n) is 2.48. The van der Waals surface area contributed by atoms with E-state index in [4.69, 9.17) is 0 Å². The highest BCUT2D eigenvalue weighted by Crippen LogP contribution is 2.11. The number of nitrogens with one attached hydrogen (secondary N) is 1. The van der Waals surface area contributed by atoms with Crippen LogP contribution in [0.3, 0.4) is 0 Å². The molecule has 2 aromatic rings. The van der Waals surface area contributed by atoms with Gasteiger partial charge < -0.3 is 5.32 Å². The van der Waals surface area contributed by atoms with Gasteiger partial charge in [0.05, 0.1) is 4.90 Å². The lowest BCUT2D eigenvalue weighted by molar-refractivity contribution is 0.601. The maximum atomic E-state index is 11.3. The van der Waals surface area contributed by atoms with Crippen LogP contribution < -0.4 is 5.32 Å². The van der Waals surface area contributed by atoms with E-state index in [0.29, 0.717) is 12.4 Å². The summed E-state index contributed by atoms with van der Waals surface area (Å²) in [6.07, 6.45) is 2.53. The van der Waals surface area contributed by atoms with Gasteiger partial charge in [-0.2, -0.15) is 0 Å². The molecule has 0 fully saturated rings. The summed E-state index contributed by atoms with van der Waals surface area (Å²) in [6.45, 7) is 0.659. The Kier molecular flexibility index (Phi) is 3.62. The molecule has 0 saturated carbocycles. The van der Waals surface area contributed by atoms with Crippen LogP contribution in [-0.2, 0) is 16.4 Å². The first-order valence-electron chi connectivity index (χ1n) is 5.49. The Morgan fingerprint density at radius 1 is 1.11 bits per heavy atom. The average Bonchev–Trinajstić information content (AvgIpc) is 2.37. The minimum absolute atomic E-state index is 0.229. The molecule has 18 heavy (non-hydrogen) atoms. The van der Waals surface area contributed by atoms with Crippen molar-refractivity contribution in [2.75, 3.05) is 11.6 Å². The smallest absolute Gasteiger partial charge is 0.177 e. The number of hydrogen-bond acceptors (Lipinski definition) is 4. The maximum absolute atomic E-state index is 11.3. The molecule has 0 aliphatic rings. The SMILES string of the molecule is CS(=O)(=O)c1ccc(NCc2ccccc2)nc1. The molecule has 0 saturated heterocycles. The van der Waals surface area contributed by atoms with Crippen LogP contribution in [0.15, 0.2) is 53.6 Å². The van der Waals surface area contributed by atoms with E-state index in [2.05, 4.69) is 10.3 Å². The van der Waals surface area contributed by atoms with Gasteiger partial charge in [-0.25, -0.2) is 13.4 Å². The zero-order valence-electron chi connectivity index (χ0n) is 10.00. The second-order valence-corrected chi connectivity index (χ2v) is 6.01. The Balaban J connectivity index is 2.03. The Labute approximate surface area is 107 Å². The van der Waals surface area contributed by atoms with Gasteiger partial charge in [0.15, 0.2) is 9.84 Å². The molecule has 94 valence electrons. The van der Waals surface area contributed by atoms with Crippen molar-refractivity contribution >= 4 is 15.7 Å². The molecule has 0 aliphatic heterocycles.